The molecule has 18 heavy (non-hydrogen) atoms. The fraction of sp³-hybridized carbons (Fsp3) is 0.333. The van der Waals surface area contributed by atoms with Gasteiger partial charge in [0.1, 0.15) is 0 Å². The Balaban J connectivity index is 0.00000289. The summed E-state index contributed by atoms with van der Waals surface area (Å²) < 4.78 is 0. The standard InChI is InChI=1S/C12H17N3O2.ClH/c1-15(2)12(17)7-9-3-5-10(6-4-9)14-11(16)8-13;/h3-6H,7-8,13H2,1-2H3,(H,14,16);1H. The molecule has 6 heteroatoms. The third-order valence-corrected chi connectivity index (χ3v) is 2.28. The molecule has 0 fully saturated rings. The van der Waals surface area contributed by atoms with Crippen LogP contribution in [0.2, 0.25) is 0 Å². The summed E-state index contributed by atoms with van der Waals surface area (Å²) in [5, 5.41) is 2.64. The first-order valence-corrected chi connectivity index (χ1v) is 5.32. The molecule has 0 saturated heterocycles. The van der Waals surface area contributed by atoms with Crippen molar-refractivity contribution in [2.75, 3.05) is 26.0 Å². The number of carbonyl (C=O) groups is 2. The molecule has 3 N–H and O–H groups in total. The van der Waals surface area contributed by atoms with Crippen LogP contribution in [0.3, 0.4) is 0 Å². The van der Waals surface area contributed by atoms with Crippen LogP contribution in [0.25, 0.3) is 0 Å². The molecule has 1 aromatic rings. The summed E-state index contributed by atoms with van der Waals surface area (Å²) in [6.45, 7) is -0.0408. The third-order valence-electron chi connectivity index (χ3n) is 2.28. The van der Waals surface area contributed by atoms with E-state index in [0.29, 0.717) is 12.1 Å². The number of benzene rings is 1. The topological polar surface area (TPSA) is 75.4 Å². The second-order valence-corrected chi connectivity index (χ2v) is 3.91. The van der Waals surface area contributed by atoms with E-state index in [0.717, 1.165) is 5.56 Å². The van der Waals surface area contributed by atoms with Crippen molar-refractivity contribution in [2.45, 2.75) is 6.42 Å². The third kappa shape index (κ3) is 5.16. The average molecular weight is 272 g/mol. The molecule has 0 aliphatic heterocycles. The van der Waals surface area contributed by atoms with Crippen molar-refractivity contribution in [2.24, 2.45) is 5.73 Å². The maximum Gasteiger partial charge on any atom is 0.238 e. The Hall–Kier alpha value is -1.59. The summed E-state index contributed by atoms with van der Waals surface area (Å²) in [6, 6.07) is 7.14. The second kappa shape index (κ2) is 7.68. The van der Waals surface area contributed by atoms with Crippen molar-refractivity contribution in [3.63, 3.8) is 0 Å². The van der Waals surface area contributed by atoms with Crippen LogP contribution in [0.1, 0.15) is 5.56 Å². The van der Waals surface area contributed by atoms with E-state index in [-0.39, 0.29) is 30.8 Å². The molecule has 0 aliphatic carbocycles. The molecule has 0 atom stereocenters. The van der Waals surface area contributed by atoms with Gasteiger partial charge >= 0.3 is 0 Å². The minimum absolute atomic E-state index is 0. The van der Waals surface area contributed by atoms with Crippen molar-refractivity contribution in [3.05, 3.63) is 29.8 Å². The van der Waals surface area contributed by atoms with Gasteiger partial charge in [-0.1, -0.05) is 12.1 Å². The number of rotatable bonds is 4. The van der Waals surface area contributed by atoms with E-state index in [4.69, 9.17) is 5.73 Å². The Bertz CT molecular complexity index is 404. The molecule has 0 aliphatic rings. The van der Waals surface area contributed by atoms with Gasteiger partial charge < -0.3 is 16.0 Å². The molecule has 1 rings (SSSR count). The molecule has 2 amide bonds. The molecule has 0 saturated carbocycles. The van der Waals surface area contributed by atoms with Gasteiger partial charge in [0.05, 0.1) is 13.0 Å². The van der Waals surface area contributed by atoms with E-state index >= 15 is 0 Å². The molecule has 0 radical (unpaired) electrons. The number of nitrogens with two attached hydrogens (primary N) is 1. The van der Waals surface area contributed by atoms with Crippen LogP contribution in [-0.4, -0.2) is 37.4 Å². The Labute approximate surface area is 113 Å². The summed E-state index contributed by atoms with van der Waals surface area (Å²) in [6.07, 6.45) is 0.359. The first-order valence-electron chi connectivity index (χ1n) is 5.32. The molecular formula is C12H18ClN3O2. The Morgan fingerprint density at radius 3 is 2.22 bits per heavy atom. The molecule has 100 valence electrons. The first-order chi connectivity index (χ1) is 8.02. The molecular weight excluding hydrogens is 254 g/mol. The molecule has 0 heterocycles. The van der Waals surface area contributed by atoms with E-state index in [1.54, 1.807) is 31.1 Å². The molecule has 1 aromatic carbocycles. The maximum atomic E-state index is 11.5. The number of likely N-dealkylation sites (N-methyl/N-ethyl adjacent to an activating group) is 1. The number of hydrogen-bond acceptors (Lipinski definition) is 3. The SMILES string of the molecule is CN(C)C(=O)Cc1ccc(NC(=O)CN)cc1.Cl. The Morgan fingerprint density at radius 1 is 1.22 bits per heavy atom. The van der Waals surface area contributed by atoms with Gasteiger partial charge in [-0.2, -0.15) is 0 Å². The van der Waals surface area contributed by atoms with Gasteiger partial charge in [-0.15, -0.1) is 12.4 Å². The summed E-state index contributed by atoms with van der Waals surface area (Å²) >= 11 is 0. The normalized spacial score (nSPS) is 9.28. The van der Waals surface area contributed by atoms with Crippen LogP contribution in [0.5, 0.6) is 0 Å². The molecule has 0 bridgehead atoms. The summed E-state index contributed by atoms with van der Waals surface area (Å²) in [5.74, 6) is -0.189. The summed E-state index contributed by atoms with van der Waals surface area (Å²) in [7, 11) is 3.44. The fourth-order valence-corrected chi connectivity index (χ4v) is 1.25. The minimum Gasteiger partial charge on any atom is -0.349 e. The number of amides is 2. The minimum atomic E-state index is -0.234. The lowest BCUT2D eigenvalue weighted by molar-refractivity contribution is -0.128. The summed E-state index contributed by atoms with van der Waals surface area (Å²) in [5.41, 5.74) is 6.78. The van der Waals surface area contributed by atoms with Gasteiger partial charge in [0.15, 0.2) is 0 Å². The summed E-state index contributed by atoms with van der Waals surface area (Å²) in [4.78, 5) is 24.0. The van der Waals surface area contributed by atoms with E-state index < -0.39 is 0 Å². The van der Waals surface area contributed by atoms with Crippen LogP contribution in [0.15, 0.2) is 24.3 Å². The monoisotopic (exact) mass is 271 g/mol. The zero-order valence-electron chi connectivity index (χ0n) is 10.5. The molecule has 5 nitrogen and oxygen atoms in total. The first kappa shape index (κ1) is 16.4. The number of halogens is 1. The van der Waals surface area contributed by atoms with E-state index in [1.807, 2.05) is 12.1 Å². The predicted octanol–water partition coefficient (Wildman–Crippen LogP) is 0.636. The number of nitrogens with one attached hydrogen (secondary N) is 1. The highest BCUT2D eigenvalue weighted by Crippen LogP contribution is 2.10. The van der Waals surface area contributed by atoms with Crippen LogP contribution in [0.4, 0.5) is 5.69 Å². The predicted molar refractivity (Wildman–Crippen MR) is 73.8 cm³/mol. The van der Waals surface area contributed by atoms with E-state index in [1.165, 1.54) is 0 Å². The number of anilines is 1. The van der Waals surface area contributed by atoms with Crippen LogP contribution >= 0.6 is 12.4 Å². The zero-order valence-corrected chi connectivity index (χ0v) is 11.3. The zero-order chi connectivity index (χ0) is 12.8. The van der Waals surface area contributed by atoms with Gasteiger partial charge in [0.25, 0.3) is 0 Å². The largest absolute Gasteiger partial charge is 0.349 e. The van der Waals surface area contributed by atoms with Crippen molar-refractivity contribution in [1.82, 2.24) is 4.90 Å². The van der Waals surface area contributed by atoms with E-state index in [9.17, 15) is 9.59 Å². The smallest absolute Gasteiger partial charge is 0.238 e. The van der Waals surface area contributed by atoms with Gasteiger partial charge in [0, 0.05) is 19.8 Å². The lowest BCUT2D eigenvalue weighted by Crippen LogP contribution is -2.23. The quantitative estimate of drug-likeness (QED) is 0.844. The van der Waals surface area contributed by atoms with Crippen LogP contribution in [-0.2, 0) is 16.0 Å². The number of carbonyl (C=O) groups excluding carboxylic acids is 2. The number of nitrogens with zero attached hydrogens (tertiary/aromatic N) is 1. The average Bonchev–Trinajstić information content (AvgIpc) is 2.31. The maximum absolute atomic E-state index is 11.5. The lowest BCUT2D eigenvalue weighted by Gasteiger charge is -2.10. The lowest BCUT2D eigenvalue weighted by atomic mass is 10.1. The van der Waals surface area contributed by atoms with Crippen LogP contribution < -0.4 is 11.1 Å². The van der Waals surface area contributed by atoms with Gasteiger partial charge in [-0.3, -0.25) is 9.59 Å². The van der Waals surface area contributed by atoms with Gasteiger partial charge in [-0.25, -0.2) is 0 Å². The molecule has 0 spiro atoms. The second-order valence-electron chi connectivity index (χ2n) is 3.91. The fourth-order valence-electron chi connectivity index (χ4n) is 1.25. The Kier molecular flexibility index (Phi) is 7.00. The molecule has 0 aromatic heterocycles. The van der Waals surface area contributed by atoms with Crippen molar-refractivity contribution in [1.29, 1.82) is 0 Å². The van der Waals surface area contributed by atoms with Gasteiger partial charge in [-0.05, 0) is 17.7 Å². The van der Waals surface area contributed by atoms with Crippen molar-refractivity contribution in [3.8, 4) is 0 Å². The number of hydrogen-bond donors (Lipinski definition) is 2. The highest BCUT2D eigenvalue weighted by Gasteiger charge is 2.05. The van der Waals surface area contributed by atoms with Gasteiger partial charge in [0.2, 0.25) is 11.8 Å². The van der Waals surface area contributed by atoms with Crippen LogP contribution in [0, 0.1) is 0 Å². The Morgan fingerprint density at radius 2 is 1.78 bits per heavy atom. The van der Waals surface area contributed by atoms with Crippen molar-refractivity contribution >= 4 is 29.9 Å². The van der Waals surface area contributed by atoms with Crippen molar-refractivity contribution < 1.29 is 9.59 Å². The highest BCUT2D eigenvalue weighted by atomic mass is 35.5. The van der Waals surface area contributed by atoms with E-state index in [2.05, 4.69) is 5.32 Å². The molecule has 0 unspecified atom stereocenters. The highest BCUT2D eigenvalue weighted by molar-refractivity contribution is 5.92.